The van der Waals surface area contributed by atoms with Crippen LogP contribution < -0.4 is 5.32 Å². The molecule has 1 aliphatic rings. The van der Waals surface area contributed by atoms with E-state index in [4.69, 9.17) is 5.26 Å². The zero-order valence-corrected chi connectivity index (χ0v) is 9.26. The minimum Gasteiger partial charge on any atom is -0.316 e. The van der Waals surface area contributed by atoms with Gasteiger partial charge in [0, 0.05) is 13.0 Å². The summed E-state index contributed by atoms with van der Waals surface area (Å²) in [6.07, 6.45) is 7.63. The van der Waals surface area contributed by atoms with Gasteiger partial charge in [-0.2, -0.15) is 5.26 Å². The van der Waals surface area contributed by atoms with Gasteiger partial charge in [-0.1, -0.05) is 26.2 Å². The Morgan fingerprint density at radius 3 is 2.93 bits per heavy atom. The van der Waals surface area contributed by atoms with Crippen molar-refractivity contribution in [2.45, 2.75) is 45.4 Å². The molecule has 0 spiro atoms. The Hall–Kier alpha value is -0.550. The van der Waals surface area contributed by atoms with Crippen molar-refractivity contribution in [2.24, 2.45) is 11.8 Å². The molecule has 2 unspecified atom stereocenters. The van der Waals surface area contributed by atoms with Crippen LogP contribution in [0.15, 0.2) is 0 Å². The number of hydrogen-bond acceptors (Lipinski definition) is 2. The van der Waals surface area contributed by atoms with Crippen molar-refractivity contribution in [3.05, 3.63) is 0 Å². The predicted octanol–water partition coefficient (Wildman–Crippen LogP) is 2.71. The molecule has 2 heteroatoms. The van der Waals surface area contributed by atoms with E-state index < -0.39 is 0 Å². The highest BCUT2D eigenvalue weighted by atomic mass is 14.8. The molecule has 0 saturated heterocycles. The Labute approximate surface area is 87.7 Å². The van der Waals surface area contributed by atoms with Crippen LogP contribution in [0.5, 0.6) is 0 Å². The number of nitrogens with one attached hydrogen (secondary N) is 1. The summed E-state index contributed by atoms with van der Waals surface area (Å²) in [5, 5.41) is 11.7. The van der Waals surface area contributed by atoms with Crippen LogP contribution >= 0.6 is 0 Å². The van der Waals surface area contributed by atoms with Gasteiger partial charge in [-0.25, -0.2) is 0 Å². The third-order valence-electron chi connectivity index (χ3n) is 3.19. The Kier molecular flexibility index (Phi) is 5.63. The van der Waals surface area contributed by atoms with E-state index in [-0.39, 0.29) is 0 Å². The van der Waals surface area contributed by atoms with Gasteiger partial charge in [-0.05, 0) is 31.2 Å². The molecule has 1 fully saturated rings. The molecule has 0 radical (unpaired) electrons. The summed E-state index contributed by atoms with van der Waals surface area (Å²) in [7, 11) is 0. The van der Waals surface area contributed by atoms with Crippen LogP contribution in [0.1, 0.15) is 45.4 Å². The zero-order valence-electron chi connectivity index (χ0n) is 9.26. The van der Waals surface area contributed by atoms with Crippen LogP contribution in [0.3, 0.4) is 0 Å². The van der Waals surface area contributed by atoms with Crippen LogP contribution in [0.2, 0.25) is 0 Å². The summed E-state index contributed by atoms with van der Waals surface area (Å²) in [5.41, 5.74) is 0. The lowest BCUT2D eigenvalue weighted by molar-refractivity contribution is 0.268. The molecule has 14 heavy (non-hydrogen) atoms. The molecule has 0 aromatic heterocycles. The van der Waals surface area contributed by atoms with Gasteiger partial charge in [0.1, 0.15) is 0 Å². The Morgan fingerprint density at radius 2 is 2.21 bits per heavy atom. The van der Waals surface area contributed by atoms with E-state index in [1.54, 1.807) is 0 Å². The summed E-state index contributed by atoms with van der Waals surface area (Å²) < 4.78 is 0. The topological polar surface area (TPSA) is 35.8 Å². The Morgan fingerprint density at radius 1 is 1.36 bits per heavy atom. The second-order valence-electron chi connectivity index (χ2n) is 4.58. The summed E-state index contributed by atoms with van der Waals surface area (Å²) in [6.45, 7) is 4.33. The number of nitriles is 1. The summed E-state index contributed by atoms with van der Waals surface area (Å²) in [4.78, 5) is 0. The maximum absolute atomic E-state index is 8.36. The van der Waals surface area contributed by atoms with Crippen molar-refractivity contribution in [2.75, 3.05) is 13.1 Å². The van der Waals surface area contributed by atoms with Crippen LogP contribution in [-0.2, 0) is 0 Å². The molecule has 0 amide bonds. The van der Waals surface area contributed by atoms with Gasteiger partial charge in [-0.3, -0.25) is 0 Å². The number of hydrogen-bond donors (Lipinski definition) is 1. The molecular weight excluding hydrogens is 172 g/mol. The van der Waals surface area contributed by atoms with Crippen LogP contribution in [0.4, 0.5) is 0 Å². The second kappa shape index (κ2) is 6.84. The third-order valence-corrected chi connectivity index (χ3v) is 3.19. The first-order valence-corrected chi connectivity index (χ1v) is 5.90. The minimum absolute atomic E-state index is 0.640. The molecule has 1 saturated carbocycles. The highest BCUT2D eigenvalue weighted by molar-refractivity contribution is 4.73. The summed E-state index contributed by atoms with van der Waals surface area (Å²) >= 11 is 0. The Balaban J connectivity index is 1.98. The van der Waals surface area contributed by atoms with E-state index in [2.05, 4.69) is 18.3 Å². The first-order valence-electron chi connectivity index (χ1n) is 5.90. The summed E-state index contributed by atoms with van der Waals surface area (Å²) in [6, 6.07) is 2.15. The molecule has 0 aliphatic heterocycles. The monoisotopic (exact) mass is 194 g/mol. The smallest absolute Gasteiger partial charge is 0.0635 e. The fraction of sp³-hybridized carbons (Fsp3) is 0.917. The van der Waals surface area contributed by atoms with E-state index >= 15 is 0 Å². The van der Waals surface area contributed by atoms with Gasteiger partial charge in [0.05, 0.1) is 6.07 Å². The fourth-order valence-corrected chi connectivity index (χ4v) is 2.40. The van der Waals surface area contributed by atoms with Crippen molar-refractivity contribution < 1.29 is 0 Å². The van der Waals surface area contributed by atoms with E-state index in [1.807, 2.05) is 0 Å². The van der Waals surface area contributed by atoms with Crippen molar-refractivity contribution in [1.82, 2.24) is 5.32 Å². The van der Waals surface area contributed by atoms with Crippen LogP contribution in [-0.4, -0.2) is 13.1 Å². The lowest BCUT2D eigenvalue weighted by Crippen LogP contribution is -2.21. The van der Waals surface area contributed by atoms with E-state index in [9.17, 15) is 0 Å². The van der Waals surface area contributed by atoms with Gasteiger partial charge in [0.2, 0.25) is 0 Å². The van der Waals surface area contributed by atoms with Crippen molar-refractivity contribution >= 4 is 0 Å². The first-order chi connectivity index (χ1) is 6.83. The van der Waals surface area contributed by atoms with Crippen LogP contribution in [0.25, 0.3) is 0 Å². The molecule has 0 aromatic rings. The van der Waals surface area contributed by atoms with Crippen molar-refractivity contribution in [3.8, 4) is 6.07 Å². The molecule has 0 heterocycles. The van der Waals surface area contributed by atoms with Crippen molar-refractivity contribution in [1.29, 1.82) is 5.26 Å². The van der Waals surface area contributed by atoms with Gasteiger partial charge in [0.25, 0.3) is 0 Å². The molecule has 80 valence electrons. The Bertz CT molecular complexity index is 183. The standard InChI is InChI=1S/C12H22N2/c1-11-4-2-5-12(10-11)6-9-14-8-3-7-13/h11-12,14H,2-6,8-10H2,1H3. The molecule has 2 nitrogen and oxygen atoms in total. The predicted molar refractivity (Wildman–Crippen MR) is 58.8 cm³/mol. The largest absolute Gasteiger partial charge is 0.316 e. The second-order valence-corrected chi connectivity index (χ2v) is 4.58. The van der Waals surface area contributed by atoms with Crippen LogP contribution in [0, 0.1) is 23.2 Å². The van der Waals surface area contributed by atoms with Gasteiger partial charge < -0.3 is 5.32 Å². The van der Waals surface area contributed by atoms with Crippen molar-refractivity contribution in [3.63, 3.8) is 0 Å². The van der Waals surface area contributed by atoms with Gasteiger partial charge in [-0.15, -0.1) is 0 Å². The molecular formula is C12H22N2. The van der Waals surface area contributed by atoms with Gasteiger partial charge >= 0.3 is 0 Å². The van der Waals surface area contributed by atoms with E-state index in [1.165, 1.54) is 32.1 Å². The molecule has 1 rings (SSSR count). The quantitative estimate of drug-likeness (QED) is 0.683. The average Bonchev–Trinajstić information content (AvgIpc) is 2.18. The zero-order chi connectivity index (χ0) is 10.2. The van der Waals surface area contributed by atoms with E-state index in [0.29, 0.717) is 6.42 Å². The maximum Gasteiger partial charge on any atom is 0.0635 e. The SMILES string of the molecule is CC1CCCC(CCNCCC#N)C1. The number of nitrogens with zero attached hydrogens (tertiary/aromatic N) is 1. The first kappa shape index (κ1) is 11.5. The van der Waals surface area contributed by atoms with E-state index in [0.717, 1.165) is 24.9 Å². The third kappa shape index (κ3) is 4.62. The fourth-order valence-electron chi connectivity index (χ4n) is 2.40. The minimum atomic E-state index is 0.640. The number of rotatable bonds is 5. The molecule has 1 aliphatic carbocycles. The highest BCUT2D eigenvalue weighted by Gasteiger charge is 2.17. The normalized spacial score (nSPS) is 27.1. The lowest BCUT2D eigenvalue weighted by atomic mass is 9.81. The lowest BCUT2D eigenvalue weighted by Gasteiger charge is -2.26. The average molecular weight is 194 g/mol. The molecule has 0 aromatic carbocycles. The van der Waals surface area contributed by atoms with Gasteiger partial charge in [0.15, 0.2) is 0 Å². The maximum atomic E-state index is 8.36. The summed E-state index contributed by atoms with van der Waals surface area (Å²) in [5.74, 6) is 1.88. The highest BCUT2D eigenvalue weighted by Crippen LogP contribution is 2.30. The molecule has 2 atom stereocenters. The molecule has 1 N–H and O–H groups in total. The molecule has 0 bridgehead atoms.